The Morgan fingerprint density at radius 3 is 2.82 bits per heavy atom. The number of hydrogen-bond acceptors (Lipinski definition) is 4. The van der Waals surface area contributed by atoms with Crippen molar-refractivity contribution in [1.29, 1.82) is 0 Å². The molecule has 17 heavy (non-hydrogen) atoms. The first kappa shape index (κ1) is 12.5. The van der Waals surface area contributed by atoms with Crippen molar-refractivity contribution in [2.45, 2.75) is 45.3 Å². The van der Waals surface area contributed by atoms with E-state index in [1.54, 1.807) is 7.11 Å². The van der Waals surface area contributed by atoms with Crippen molar-refractivity contribution < 1.29 is 4.74 Å². The number of aromatic nitrogens is 2. The van der Waals surface area contributed by atoms with Crippen LogP contribution in [0, 0.1) is 0 Å². The number of nitrogens with one attached hydrogen (secondary N) is 1. The number of hydrogen-bond donors (Lipinski definition) is 1. The van der Waals surface area contributed by atoms with Gasteiger partial charge in [0, 0.05) is 44.1 Å². The summed E-state index contributed by atoms with van der Waals surface area (Å²) in [6.45, 7) is 6.13. The van der Waals surface area contributed by atoms with Gasteiger partial charge in [-0.2, -0.15) is 0 Å². The summed E-state index contributed by atoms with van der Waals surface area (Å²) in [4.78, 5) is 9.22. The normalized spacial score (nSPS) is 15.7. The Bertz CT molecular complexity index is 380. The molecule has 4 nitrogen and oxygen atoms in total. The van der Waals surface area contributed by atoms with Crippen LogP contribution < -0.4 is 5.32 Å². The van der Waals surface area contributed by atoms with E-state index in [4.69, 9.17) is 9.72 Å². The van der Waals surface area contributed by atoms with Crippen molar-refractivity contribution in [3.63, 3.8) is 0 Å². The lowest BCUT2D eigenvalue weighted by atomic mass is 9.95. The smallest absolute Gasteiger partial charge is 0.160 e. The van der Waals surface area contributed by atoms with Gasteiger partial charge in [0.2, 0.25) is 0 Å². The summed E-state index contributed by atoms with van der Waals surface area (Å²) in [5.74, 6) is 0.839. The van der Waals surface area contributed by atoms with Crippen LogP contribution in [-0.2, 0) is 23.3 Å². The van der Waals surface area contributed by atoms with Gasteiger partial charge in [-0.1, -0.05) is 13.8 Å². The third kappa shape index (κ3) is 2.19. The molecule has 1 N–H and O–H groups in total. The van der Waals surface area contributed by atoms with Crippen molar-refractivity contribution in [1.82, 2.24) is 15.3 Å². The van der Waals surface area contributed by atoms with Crippen LogP contribution >= 0.6 is 0 Å². The van der Waals surface area contributed by atoms with Gasteiger partial charge < -0.3 is 10.1 Å². The summed E-state index contributed by atoms with van der Waals surface area (Å²) in [6.07, 6.45) is 4.73. The van der Waals surface area contributed by atoms with E-state index in [1.807, 2.05) is 6.20 Å². The first-order chi connectivity index (χ1) is 8.25. The highest BCUT2D eigenvalue weighted by atomic mass is 16.5. The zero-order valence-electron chi connectivity index (χ0n) is 10.9. The average Bonchev–Trinajstić information content (AvgIpc) is 2.41. The van der Waals surface area contributed by atoms with Gasteiger partial charge in [0.15, 0.2) is 5.82 Å². The summed E-state index contributed by atoms with van der Waals surface area (Å²) >= 11 is 0. The first-order valence-electron chi connectivity index (χ1n) is 6.37. The van der Waals surface area contributed by atoms with Gasteiger partial charge in [-0.3, -0.25) is 0 Å². The average molecular weight is 235 g/mol. The molecule has 0 aromatic carbocycles. The van der Waals surface area contributed by atoms with E-state index in [2.05, 4.69) is 24.1 Å². The molecule has 0 bridgehead atoms. The number of fused-ring (bicyclic) bond motifs is 1. The lowest BCUT2D eigenvalue weighted by Crippen LogP contribution is -2.32. The van der Waals surface area contributed by atoms with E-state index >= 15 is 0 Å². The summed E-state index contributed by atoms with van der Waals surface area (Å²) in [5.41, 5.74) is 2.08. The van der Waals surface area contributed by atoms with E-state index in [0.717, 1.165) is 38.2 Å². The summed E-state index contributed by atoms with van der Waals surface area (Å²) < 4.78 is 5.67. The second kappa shape index (κ2) is 5.10. The standard InChI is InChI=1S/C13H21N3O/c1-4-13(5-2,17-3)12-15-9-10-8-14-7-6-11(10)16-12/h9,14H,4-8H2,1-3H3. The van der Waals surface area contributed by atoms with Gasteiger partial charge in [0.1, 0.15) is 5.60 Å². The molecule has 2 rings (SSSR count). The molecule has 1 aliphatic rings. The predicted octanol–water partition coefficient (Wildman–Crippen LogP) is 1.78. The van der Waals surface area contributed by atoms with Gasteiger partial charge in [-0.15, -0.1) is 0 Å². The first-order valence-corrected chi connectivity index (χ1v) is 6.37. The second-order valence-corrected chi connectivity index (χ2v) is 4.50. The molecule has 0 saturated carbocycles. The van der Waals surface area contributed by atoms with Crippen molar-refractivity contribution in [2.24, 2.45) is 0 Å². The molecule has 0 atom stereocenters. The highest BCUT2D eigenvalue weighted by Gasteiger charge is 2.32. The molecule has 1 aliphatic heterocycles. The van der Waals surface area contributed by atoms with Gasteiger partial charge >= 0.3 is 0 Å². The fraction of sp³-hybridized carbons (Fsp3) is 0.692. The fourth-order valence-electron chi connectivity index (χ4n) is 2.40. The zero-order chi connectivity index (χ0) is 12.3. The molecule has 0 spiro atoms. The number of ether oxygens (including phenoxy) is 1. The molecule has 1 aromatic heterocycles. The van der Waals surface area contributed by atoms with Crippen LogP contribution in [0.5, 0.6) is 0 Å². The van der Waals surface area contributed by atoms with Crippen LogP contribution in [0.1, 0.15) is 43.8 Å². The summed E-state index contributed by atoms with van der Waals surface area (Å²) in [7, 11) is 1.75. The maximum atomic E-state index is 5.67. The zero-order valence-corrected chi connectivity index (χ0v) is 10.9. The van der Waals surface area contributed by atoms with Gasteiger partial charge in [-0.05, 0) is 12.8 Å². The lowest BCUT2D eigenvalue weighted by molar-refractivity contribution is -0.0293. The van der Waals surface area contributed by atoms with Crippen molar-refractivity contribution in [2.75, 3.05) is 13.7 Å². The van der Waals surface area contributed by atoms with Gasteiger partial charge in [0.25, 0.3) is 0 Å². The number of methoxy groups -OCH3 is 1. The quantitative estimate of drug-likeness (QED) is 0.864. The Hall–Kier alpha value is -1.00. The molecule has 2 heterocycles. The molecule has 94 valence electrons. The van der Waals surface area contributed by atoms with E-state index in [1.165, 1.54) is 11.3 Å². The van der Waals surface area contributed by atoms with E-state index in [9.17, 15) is 0 Å². The fourth-order valence-corrected chi connectivity index (χ4v) is 2.40. The minimum absolute atomic E-state index is 0.320. The maximum Gasteiger partial charge on any atom is 0.160 e. The monoisotopic (exact) mass is 235 g/mol. The van der Waals surface area contributed by atoms with Crippen LogP contribution in [0.25, 0.3) is 0 Å². The van der Waals surface area contributed by atoms with Gasteiger partial charge in [-0.25, -0.2) is 9.97 Å². The van der Waals surface area contributed by atoms with Crippen molar-refractivity contribution >= 4 is 0 Å². The number of nitrogens with zero attached hydrogens (tertiary/aromatic N) is 2. The van der Waals surface area contributed by atoms with E-state index < -0.39 is 0 Å². The van der Waals surface area contributed by atoms with Gasteiger partial charge in [0.05, 0.1) is 0 Å². The SMILES string of the molecule is CCC(CC)(OC)c1ncc2c(n1)CCNC2. The minimum Gasteiger partial charge on any atom is -0.370 e. The Morgan fingerprint density at radius 1 is 1.41 bits per heavy atom. The molecule has 0 amide bonds. The molecule has 0 aliphatic carbocycles. The van der Waals surface area contributed by atoms with Crippen LogP contribution in [0.3, 0.4) is 0 Å². The maximum absolute atomic E-state index is 5.67. The molecular formula is C13H21N3O. The van der Waals surface area contributed by atoms with Crippen molar-refractivity contribution in [3.05, 3.63) is 23.3 Å². The van der Waals surface area contributed by atoms with Crippen LogP contribution in [0.15, 0.2) is 6.20 Å². The molecule has 0 saturated heterocycles. The van der Waals surface area contributed by atoms with Crippen molar-refractivity contribution in [3.8, 4) is 0 Å². The summed E-state index contributed by atoms with van der Waals surface area (Å²) in [5, 5.41) is 3.33. The molecule has 0 radical (unpaired) electrons. The Morgan fingerprint density at radius 2 is 2.18 bits per heavy atom. The molecule has 1 aromatic rings. The molecule has 0 unspecified atom stereocenters. The highest BCUT2D eigenvalue weighted by molar-refractivity contribution is 5.22. The van der Waals surface area contributed by atoms with Crippen LogP contribution in [0.2, 0.25) is 0 Å². The molecule has 4 heteroatoms. The minimum atomic E-state index is -0.320. The Labute approximate surface area is 103 Å². The van der Waals surface area contributed by atoms with E-state index in [-0.39, 0.29) is 5.60 Å². The Kier molecular flexibility index (Phi) is 3.74. The topological polar surface area (TPSA) is 47.0 Å². The molecular weight excluding hydrogens is 214 g/mol. The second-order valence-electron chi connectivity index (χ2n) is 4.50. The largest absolute Gasteiger partial charge is 0.370 e. The third-order valence-corrected chi connectivity index (χ3v) is 3.75. The van der Waals surface area contributed by atoms with E-state index in [0.29, 0.717) is 0 Å². The Balaban J connectivity index is 2.38. The molecule has 0 fully saturated rings. The summed E-state index contributed by atoms with van der Waals surface area (Å²) in [6, 6.07) is 0. The van der Waals surface area contributed by atoms with Crippen LogP contribution in [-0.4, -0.2) is 23.6 Å². The predicted molar refractivity (Wildman–Crippen MR) is 66.7 cm³/mol. The number of rotatable bonds is 4. The third-order valence-electron chi connectivity index (χ3n) is 3.75. The lowest BCUT2D eigenvalue weighted by Gasteiger charge is -2.29. The highest BCUT2D eigenvalue weighted by Crippen LogP contribution is 2.30. The van der Waals surface area contributed by atoms with Crippen LogP contribution in [0.4, 0.5) is 0 Å².